The zero-order valence-corrected chi connectivity index (χ0v) is 14.7. The van der Waals surface area contributed by atoms with Crippen LogP contribution in [0.3, 0.4) is 0 Å². The molecule has 3 N–H and O–H groups in total. The van der Waals surface area contributed by atoms with Gasteiger partial charge in [-0.2, -0.15) is 0 Å². The Morgan fingerprint density at radius 2 is 2.00 bits per heavy atom. The molecule has 0 aliphatic carbocycles. The highest BCUT2D eigenvalue weighted by Crippen LogP contribution is 2.15. The number of hydrogen-bond acceptors (Lipinski definition) is 5. The van der Waals surface area contributed by atoms with Crippen LogP contribution in [0, 0.1) is 0 Å². The number of aromatic hydroxyl groups is 1. The van der Waals surface area contributed by atoms with Crippen LogP contribution in [0.5, 0.6) is 5.75 Å². The van der Waals surface area contributed by atoms with Gasteiger partial charge in [-0.3, -0.25) is 14.5 Å². The van der Waals surface area contributed by atoms with Gasteiger partial charge in [-0.15, -0.1) is 0 Å². The Kier molecular flexibility index (Phi) is 5.75. The minimum Gasteiger partial charge on any atom is -0.508 e. The number of hydrogen-bond donors (Lipinski definition) is 3. The minimum absolute atomic E-state index is 0.0764. The summed E-state index contributed by atoms with van der Waals surface area (Å²) in [4.78, 5) is 37.3. The van der Waals surface area contributed by atoms with Gasteiger partial charge in [-0.25, -0.2) is 4.79 Å². The van der Waals surface area contributed by atoms with E-state index in [1.54, 1.807) is 36.4 Å². The maximum atomic E-state index is 12.3. The van der Waals surface area contributed by atoms with E-state index in [1.165, 1.54) is 6.26 Å². The van der Waals surface area contributed by atoms with E-state index in [4.69, 9.17) is 4.42 Å². The number of nitrogens with zero attached hydrogens (tertiary/aromatic N) is 1. The molecule has 0 bridgehead atoms. The molecule has 3 rings (SSSR count). The molecule has 0 saturated carbocycles. The van der Waals surface area contributed by atoms with Crippen molar-refractivity contribution in [2.75, 3.05) is 6.54 Å². The first kappa shape index (κ1) is 18.5. The summed E-state index contributed by atoms with van der Waals surface area (Å²) >= 11 is 0. The summed E-state index contributed by atoms with van der Waals surface area (Å²) in [5.74, 6) is 0.187. The lowest BCUT2D eigenvalue weighted by Gasteiger charge is -2.11. The summed E-state index contributed by atoms with van der Waals surface area (Å²) in [5, 5.41) is 14.6. The van der Waals surface area contributed by atoms with Crippen molar-refractivity contribution in [3.05, 3.63) is 54.0 Å². The molecule has 1 fully saturated rings. The van der Waals surface area contributed by atoms with E-state index in [0.717, 1.165) is 10.5 Å². The fourth-order valence-corrected chi connectivity index (χ4v) is 2.85. The summed E-state index contributed by atoms with van der Waals surface area (Å²) in [6.07, 6.45) is 2.50. The van der Waals surface area contributed by atoms with Crippen molar-refractivity contribution in [3.8, 4) is 5.75 Å². The first-order valence-electron chi connectivity index (χ1n) is 8.72. The van der Waals surface area contributed by atoms with Gasteiger partial charge in [0.2, 0.25) is 5.91 Å². The van der Waals surface area contributed by atoms with E-state index in [0.29, 0.717) is 18.7 Å². The van der Waals surface area contributed by atoms with Crippen LogP contribution in [-0.2, 0) is 22.6 Å². The standard InChI is InChI=1S/C19H21N3O5/c23-14-5-3-13(4-6-14)9-10-20-17(24)8-7-16-18(25)22(19(26)21-16)12-15-2-1-11-27-15/h1-6,11,16,23H,7-10,12H2,(H,20,24)(H,21,26)/t16-/m1/s1. The summed E-state index contributed by atoms with van der Waals surface area (Å²) in [6, 6.07) is 8.98. The van der Waals surface area contributed by atoms with Gasteiger partial charge >= 0.3 is 6.03 Å². The van der Waals surface area contributed by atoms with E-state index < -0.39 is 12.1 Å². The zero-order chi connectivity index (χ0) is 19.2. The van der Waals surface area contributed by atoms with Gasteiger partial charge in [0.1, 0.15) is 17.6 Å². The predicted molar refractivity (Wildman–Crippen MR) is 95.6 cm³/mol. The molecule has 0 unspecified atom stereocenters. The maximum absolute atomic E-state index is 12.3. The Morgan fingerprint density at radius 1 is 1.22 bits per heavy atom. The van der Waals surface area contributed by atoms with Crippen LogP contribution >= 0.6 is 0 Å². The molecule has 1 aromatic carbocycles. The van der Waals surface area contributed by atoms with E-state index >= 15 is 0 Å². The Bertz CT molecular complexity index is 801. The van der Waals surface area contributed by atoms with Crippen molar-refractivity contribution < 1.29 is 23.9 Å². The smallest absolute Gasteiger partial charge is 0.325 e. The number of phenols is 1. The molecule has 27 heavy (non-hydrogen) atoms. The number of carbonyl (C=O) groups excluding carboxylic acids is 3. The molecule has 0 radical (unpaired) electrons. The molecule has 8 heteroatoms. The lowest BCUT2D eigenvalue weighted by atomic mass is 10.1. The summed E-state index contributed by atoms with van der Waals surface area (Å²) in [6.45, 7) is 0.534. The van der Waals surface area contributed by atoms with Gasteiger partial charge in [0.25, 0.3) is 5.91 Å². The third kappa shape index (κ3) is 4.87. The number of phenolic OH excluding ortho intramolecular Hbond substituents is 1. The number of rotatable bonds is 8. The van der Waals surface area contributed by atoms with Crippen LogP contribution in [0.4, 0.5) is 4.79 Å². The molecule has 1 saturated heterocycles. The van der Waals surface area contributed by atoms with Crippen LogP contribution in [0.25, 0.3) is 0 Å². The van der Waals surface area contributed by atoms with Gasteiger partial charge in [0.05, 0.1) is 12.8 Å². The highest BCUT2D eigenvalue weighted by Gasteiger charge is 2.38. The lowest BCUT2D eigenvalue weighted by molar-refractivity contribution is -0.128. The van der Waals surface area contributed by atoms with Gasteiger partial charge in [0.15, 0.2) is 0 Å². The van der Waals surface area contributed by atoms with Crippen molar-refractivity contribution in [2.45, 2.75) is 31.8 Å². The van der Waals surface area contributed by atoms with E-state index in [1.807, 2.05) is 0 Å². The summed E-state index contributed by atoms with van der Waals surface area (Å²) in [5.41, 5.74) is 1.000. The third-order valence-electron chi connectivity index (χ3n) is 4.33. The van der Waals surface area contributed by atoms with Crippen molar-refractivity contribution in [3.63, 3.8) is 0 Å². The van der Waals surface area contributed by atoms with Crippen molar-refractivity contribution >= 4 is 17.8 Å². The topological polar surface area (TPSA) is 112 Å². The van der Waals surface area contributed by atoms with Crippen molar-refractivity contribution in [1.82, 2.24) is 15.5 Å². The van der Waals surface area contributed by atoms with E-state index in [-0.39, 0.29) is 37.0 Å². The molecule has 142 valence electrons. The zero-order valence-electron chi connectivity index (χ0n) is 14.7. The number of imide groups is 1. The Hall–Kier alpha value is -3.29. The lowest BCUT2D eigenvalue weighted by Crippen LogP contribution is -2.33. The largest absolute Gasteiger partial charge is 0.508 e. The second-order valence-corrected chi connectivity index (χ2v) is 6.31. The first-order valence-corrected chi connectivity index (χ1v) is 8.72. The SMILES string of the molecule is O=C(CC[C@H]1NC(=O)N(Cc2ccco2)C1=O)NCCc1ccc(O)cc1. The van der Waals surface area contributed by atoms with Crippen LogP contribution in [-0.4, -0.2) is 40.4 Å². The fourth-order valence-electron chi connectivity index (χ4n) is 2.85. The normalized spacial score (nSPS) is 16.4. The first-order chi connectivity index (χ1) is 13.0. The molecular formula is C19H21N3O5. The minimum atomic E-state index is -0.699. The Balaban J connectivity index is 1.40. The molecule has 8 nitrogen and oxygen atoms in total. The molecule has 1 aliphatic rings. The Morgan fingerprint density at radius 3 is 2.70 bits per heavy atom. The fraction of sp³-hybridized carbons (Fsp3) is 0.316. The van der Waals surface area contributed by atoms with Crippen molar-refractivity contribution in [2.24, 2.45) is 0 Å². The maximum Gasteiger partial charge on any atom is 0.325 e. The Labute approximate surface area is 156 Å². The molecule has 2 heterocycles. The summed E-state index contributed by atoms with van der Waals surface area (Å²) in [7, 11) is 0. The average molecular weight is 371 g/mol. The summed E-state index contributed by atoms with van der Waals surface area (Å²) < 4.78 is 5.16. The van der Waals surface area contributed by atoms with Crippen LogP contribution < -0.4 is 10.6 Å². The second kappa shape index (κ2) is 8.39. The van der Waals surface area contributed by atoms with E-state index in [2.05, 4.69) is 10.6 Å². The molecule has 4 amide bonds. The van der Waals surface area contributed by atoms with E-state index in [9.17, 15) is 19.5 Å². The van der Waals surface area contributed by atoms with Gasteiger partial charge in [0, 0.05) is 13.0 Å². The highest BCUT2D eigenvalue weighted by atomic mass is 16.3. The number of carbonyl (C=O) groups is 3. The second-order valence-electron chi connectivity index (χ2n) is 6.31. The van der Waals surface area contributed by atoms with Crippen molar-refractivity contribution in [1.29, 1.82) is 0 Å². The molecule has 0 spiro atoms. The van der Waals surface area contributed by atoms with Gasteiger partial charge in [-0.05, 0) is 42.7 Å². The number of amides is 4. The quantitative estimate of drug-likeness (QED) is 0.610. The number of urea groups is 1. The molecule has 2 aromatic rings. The molecule has 1 aromatic heterocycles. The number of nitrogens with one attached hydrogen (secondary N) is 2. The average Bonchev–Trinajstić information content (AvgIpc) is 3.25. The number of benzene rings is 1. The predicted octanol–water partition coefficient (Wildman–Crippen LogP) is 1.54. The highest BCUT2D eigenvalue weighted by molar-refractivity contribution is 6.04. The van der Waals surface area contributed by atoms with Gasteiger partial charge < -0.3 is 20.2 Å². The van der Waals surface area contributed by atoms with Crippen LogP contribution in [0.1, 0.15) is 24.2 Å². The number of furan rings is 1. The van der Waals surface area contributed by atoms with Crippen LogP contribution in [0.15, 0.2) is 47.1 Å². The van der Waals surface area contributed by atoms with Gasteiger partial charge in [-0.1, -0.05) is 12.1 Å². The van der Waals surface area contributed by atoms with Crippen LogP contribution in [0.2, 0.25) is 0 Å². The molecule has 1 atom stereocenters. The monoisotopic (exact) mass is 371 g/mol. The molecular weight excluding hydrogens is 350 g/mol. The third-order valence-corrected chi connectivity index (χ3v) is 4.33. The molecule has 1 aliphatic heterocycles.